The van der Waals surface area contributed by atoms with Crippen LogP contribution in [0.1, 0.15) is 50.4 Å². The van der Waals surface area contributed by atoms with Crippen molar-refractivity contribution in [2.75, 3.05) is 0 Å². The minimum Gasteiger partial charge on any atom is -0.486 e. The van der Waals surface area contributed by atoms with E-state index in [4.69, 9.17) is 4.74 Å². The fourth-order valence-corrected chi connectivity index (χ4v) is 3.19. The molecule has 1 aromatic carbocycles. The van der Waals surface area contributed by atoms with Crippen LogP contribution >= 0.6 is 11.3 Å². The molecule has 26 heavy (non-hydrogen) atoms. The number of aryl methyl sites for hydroxylation is 1. The first kappa shape index (κ1) is 20.2. The van der Waals surface area contributed by atoms with E-state index < -0.39 is 0 Å². The molecule has 1 atom stereocenters. The van der Waals surface area contributed by atoms with Gasteiger partial charge >= 0.3 is 6.03 Å². The monoisotopic (exact) mass is 375 g/mol. The van der Waals surface area contributed by atoms with Gasteiger partial charge in [-0.25, -0.2) is 9.78 Å². The van der Waals surface area contributed by atoms with Crippen molar-refractivity contribution >= 4 is 17.4 Å². The normalized spacial score (nSPS) is 12.1. The number of thiazole rings is 1. The number of hydrogen-bond donors (Lipinski definition) is 1. The highest BCUT2D eigenvalue weighted by Crippen LogP contribution is 2.20. The summed E-state index contributed by atoms with van der Waals surface area (Å²) in [5.41, 5.74) is 2.01. The molecule has 2 amide bonds. The third-order valence-corrected chi connectivity index (χ3v) is 5.04. The molecule has 2 rings (SSSR count). The van der Waals surface area contributed by atoms with Crippen molar-refractivity contribution in [1.29, 1.82) is 0 Å². The number of amides is 2. The van der Waals surface area contributed by atoms with Crippen LogP contribution in [0.25, 0.3) is 0 Å². The van der Waals surface area contributed by atoms with Crippen molar-refractivity contribution in [3.8, 4) is 5.75 Å². The van der Waals surface area contributed by atoms with Crippen LogP contribution in [0.4, 0.5) is 4.79 Å². The van der Waals surface area contributed by atoms with Gasteiger partial charge in [0.1, 0.15) is 17.4 Å². The lowest BCUT2D eigenvalue weighted by atomic mass is 10.2. The number of ether oxygens (including phenoxy) is 1. The van der Waals surface area contributed by atoms with Gasteiger partial charge in [0.15, 0.2) is 0 Å². The Morgan fingerprint density at radius 1 is 1.31 bits per heavy atom. The number of carbonyl (C=O) groups excluding carboxylic acids is 1. The van der Waals surface area contributed by atoms with Gasteiger partial charge in [0.25, 0.3) is 0 Å². The minimum absolute atomic E-state index is 0.0416. The smallest absolute Gasteiger partial charge is 0.318 e. The van der Waals surface area contributed by atoms with E-state index in [0.717, 1.165) is 28.4 Å². The molecule has 0 radical (unpaired) electrons. The van der Waals surface area contributed by atoms with Crippen molar-refractivity contribution in [2.45, 2.75) is 66.3 Å². The number of aromatic nitrogens is 1. The van der Waals surface area contributed by atoms with E-state index in [1.165, 1.54) is 0 Å². The molecular weight excluding hydrogens is 346 g/mol. The lowest BCUT2D eigenvalue weighted by molar-refractivity contribution is 0.170. The molecule has 0 aliphatic rings. The summed E-state index contributed by atoms with van der Waals surface area (Å²) in [6.07, 6.45) is 0.902. The van der Waals surface area contributed by atoms with Crippen LogP contribution in [-0.4, -0.2) is 28.0 Å². The standard InChI is InChI=1S/C20H29N3O2S/c1-6-16(5)23(20(24)21-14(2)3)11-17-13-26-19(22-17)12-25-18-10-8-7-9-15(18)4/h7-10,13-14,16H,6,11-12H2,1-5H3,(H,21,24)/t16-/m0/s1. The molecule has 142 valence electrons. The summed E-state index contributed by atoms with van der Waals surface area (Å²) in [6.45, 7) is 11.1. The summed E-state index contributed by atoms with van der Waals surface area (Å²) in [5, 5.41) is 5.90. The highest BCUT2D eigenvalue weighted by Gasteiger charge is 2.21. The van der Waals surface area contributed by atoms with Gasteiger partial charge in [-0.3, -0.25) is 0 Å². The Morgan fingerprint density at radius 3 is 2.69 bits per heavy atom. The molecule has 0 fully saturated rings. The van der Waals surface area contributed by atoms with E-state index in [-0.39, 0.29) is 18.1 Å². The average Bonchev–Trinajstić information content (AvgIpc) is 3.05. The summed E-state index contributed by atoms with van der Waals surface area (Å²) < 4.78 is 5.86. The largest absolute Gasteiger partial charge is 0.486 e. The molecule has 0 aliphatic heterocycles. The zero-order valence-electron chi connectivity index (χ0n) is 16.3. The molecule has 0 saturated heterocycles. The van der Waals surface area contributed by atoms with E-state index in [1.807, 2.05) is 55.3 Å². The number of nitrogens with one attached hydrogen (secondary N) is 1. The predicted molar refractivity (Wildman–Crippen MR) is 107 cm³/mol. The Labute approximate surface area is 160 Å². The first-order chi connectivity index (χ1) is 12.4. The van der Waals surface area contributed by atoms with E-state index >= 15 is 0 Å². The Hall–Kier alpha value is -2.08. The first-order valence-corrected chi connectivity index (χ1v) is 9.97. The number of para-hydroxylation sites is 1. The third kappa shape index (κ3) is 5.73. The Balaban J connectivity index is 2.00. The SMILES string of the molecule is CC[C@H](C)N(Cc1csc(COc2ccccc2C)n1)C(=O)NC(C)C. The zero-order chi connectivity index (χ0) is 19.1. The molecular formula is C20H29N3O2S. The summed E-state index contributed by atoms with van der Waals surface area (Å²) in [7, 11) is 0. The van der Waals surface area contributed by atoms with Crippen LogP contribution in [0.5, 0.6) is 5.75 Å². The molecule has 1 aromatic heterocycles. The van der Waals surface area contributed by atoms with Crippen molar-refractivity contribution < 1.29 is 9.53 Å². The first-order valence-electron chi connectivity index (χ1n) is 9.09. The van der Waals surface area contributed by atoms with Crippen molar-refractivity contribution in [1.82, 2.24) is 15.2 Å². The number of hydrogen-bond acceptors (Lipinski definition) is 4. The zero-order valence-corrected chi connectivity index (χ0v) is 17.1. The van der Waals surface area contributed by atoms with Gasteiger partial charge in [0.05, 0.1) is 12.2 Å². The summed E-state index contributed by atoms with van der Waals surface area (Å²) >= 11 is 1.57. The topological polar surface area (TPSA) is 54.5 Å². The maximum absolute atomic E-state index is 12.5. The summed E-state index contributed by atoms with van der Waals surface area (Å²) in [6, 6.07) is 8.18. The second-order valence-electron chi connectivity index (χ2n) is 6.78. The number of carbonyl (C=O) groups is 1. The van der Waals surface area contributed by atoms with Crippen LogP contribution < -0.4 is 10.1 Å². The Morgan fingerprint density at radius 2 is 2.04 bits per heavy atom. The van der Waals surface area contributed by atoms with Gasteiger partial charge in [0, 0.05) is 17.5 Å². The van der Waals surface area contributed by atoms with Gasteiger partial charge in [-0.05, 0) is 45.7 Å². The quantitative estimate of drug-likeness (QED) is 0.724. The molecule has 0 unspecified atom stereocenters. The molecule has 5 nitrogen and oxygen atoms in total. The molecule has 6 heteroatoms. The summed E-state index contributed by atoms with van der Waals surface area (Å²) in [5.74, 6) is 0.877. The second kappa shape index (κ2) is 9.57. The molecule has 1 heterocycles. The number of rotatable bonds is 8. The lowest BCUT2D eigenvalue weighted by Gasteiger charge is -2.29. The van der Waals surface area contributed by atoms with Gasteiger partial charge in [-0.15, -0.1) is 11.3 Å². The summed E-state index contributed by atoms with van der Waals surface area (Å²) in [4.78, 5) is 19.0. The Kier molecular flexibility index (Phi) is 7.45. The predicted octanol–water partition coefficient (Wildman–Crippen LogP) is 4.75. The molecule has 0 bridgehead atoms. The van der Waals surface area contributed by atoms with Gasteiger partial charge in [0.2, 0.25) is 0 Å². The van der Waals surface area contributed by atoms with Crippen LogP contribution in [0.2, 0.25) is 0 Å². The van der Waals surface area contributed by atoms with Gasteiger partial charge < -0.3 is 15.0 Å². The fraction of sp³-hybridized carbons (Fsp3) is 0.500. The third-order valence-electron chi connectivity index (χ3n) is 4.17. The Bertz CT molecular complexity index is 715. The van der Waals surface area contributed by atoms with E-state index in [2.05, 4.69) is 24.1 Å². The van der Waals surface area contributed by atoms with Crippen LogP contribution in [0, 0.1) is 6.92 Å². The average molecular weight is 376 g/mol. The van der Waals surface area contributed by atoms with Crippen LogP contribution in [0.3, 0.4) is 0 Å². The maximum Gasteiger partial charge on any atom is 0.318 e. The fourth-order valence-electron chi connectivity index (χ4n) is 2.50. The molecule has 1 N–H and O–H groups in total. The van der Waals surface area contributed by atoms with Crippen LogP contribution in [0.15, 0.2) is 29.6 Å². The highest BCUT2D eigenvalue weighted by molar-refractivity contribution is 7.09. The van der Waals surface area contributed by atoms with E-state index in [1.54, 1.807) is 11.3 Å². The maximum atomic E-state index is 12.5. The molecule has 2 aromatic rings. The van der Waals surface area contributed by atoms with Crippen molar-refractivity contribution in [2.24, 2.45) is 0 Å². The molecule has 0 spiro atoms. The lowest BCUT2D eigenvalue weighted by Crippen LogP contribution is -2.46. The highest BCUT2D eigenvalue weighted by atomic mass is 32.1. The minimum atomic E-state index is -0.0416. The number of benzene rings is 1. The van der Waals surface area contributed by atoms with Gasteiger partial charge in [-0.1, -0.05) is 25.1 Å². The second-order valence-corrected chi connectivity index (χ2v) is 7.72. The van der Waals surface area contributed by atoms with Crippen molar-refractivity contribution in [3.05, 3.63) is 45.9 Å². The van der Waals surface area contributed by atoms with E-state index in [9.17, 15) is 4.79 Å². The number of urea groups is 1. The molecule has 0 aliphatic carbocycles. The van der Waals surface area contributed by atoms with Crippen LogP contribution in [-0.2, 0) is 13.2 Å². The van der Waals surface area contributed by atoms with E-state index in [0.29, 0.717) is 13.2 Å². The number of nitrogens with zero attached hydrogens (tertiary/aromatic N) is 2. The van der Waals surface area contributed by atoms with Gasteiger partial charge in [-0.2, -0.15) is 0 Å². The molecule has 0 saturated carbocycles. The van der Waals surface area contributed by atoms with Crippen molar-refractivity contribution in [3.63, 3.8) is 0 Å².